The van der Waals surface area contributed by atoms with Crippen molar-refractivity contribution in [1.82, 2.24) is 0 Å². The summed E-state index contributed by atoms with van der Waals surface area (Å²) in [5.74, 6) is -0.505. The van der Waals surface area contributed by atoms with E-state index < -0.39 is 18.3 Å². The summed E-state index contributed by atoms with van der Waals surface area (Å²) in [6.07, 6.45) is 0.201. The van der Waals surface area contributed by atoms with Crippen molar-refractivity contribution >= 4 is 24.7 Å². The zero-order chi connectivity index (χ0) is 17.3. The second-order valence-corrected chi connectivity index (χ2v) is 7.23. The van der Waals surface area contributed by atoms with Gasteiger partial charge in [0.1, 0.15) is 0 Å². The molecule has 0 bridgehead atoms. The third-order valence-corrected chi connectivity index (χ3v) is 4.84. The molecule has 2 rings (SSSR count). The molecule has 6 heteroatoms. The number of carbonyl (C=O) groups is 1. The van der Waals surface area contributed by atoms with Crippen molar-refractivity contribution in [2.24, 2.45) is 0 Å². The number of hydrogen-bond donors (Lipinski definition) is 0. The minimum atomic E-state index is -0.509. The van der Waals surface area contributed by atoms with Crippen molar-refractivity contribution in [3.8, 4) is 0 Å². The van der Waals surface area contributed by atoms with Crippen LogP contribution in [0, 0.1) is 0 Å². The molecular weight excluding hydrogens is 314 g/mol. The summed E-state index contributed by atoms with van der Waals surface area (Å²) < 4.78 is 17.4. The summed E-state index contributed by atoms with van der Waals surface area (Å²) in [6, 6.07) is 7.41. The number of ether oxygens (including phenoxy) is 1. The van der Waals surface area contributed by atoms with Gasteiger partial charge in [0.2, 0.25) is 0 Å². The molecule has 0 aliphatic carbocycles. The number of benzene rings is 1. The lowest BCUT2D eigenvalue weighted by molar-refractivity contribution is -0.143. The van der Waals surface area contributed by atoms with E-state index in [2.05, 4.69) is 0 Å². The average Bonchev–Trinajstić information content (AvgIpc) is 2.66. The highest BCUT2D eigenvalue weighted by atomic mass is 35.5. The van der Waals surface area contributed by atoms with Gasteiger partial charge in [-0.05, 0) is 52.3 Å². The molecule has 0 saturated carbocycles. The standard InChI is InChI=1S/C17H24BClO4/c1-6-21-15(20)11-14(12-7-9-13(19)10-8-12)18-22-16(2,3)17(4,5)23-18/h7-10,14H,6,11H2,1-5H3/t14-/m0/s1. The molecule has 1 aliphatic heterocycles. The van der Waals surface area contributed by atoms with E-state index in [1.807, 2.05) is 39.8 Å². The highest BCUT2D eigenvalue weighted by Crippen LogP contribution is 2.41. The van der Waals surface area contributed by atoms with E-state index in [4.69, 9.17) is 25.6 Å². The molecule has 1 aromatic carbocycles. The smallest absolute Gasteiger partial charge is 0.466 e. The molecule has 4 nitrogen and oxygen atoms in total. The SMILES string of the molecule is CCOC(=O)C[C@H](B1OC(C)(C)C(C)(C)O1)c1ccc(Cl)cc1. The molecule has 0 unspecified atom stereocenters. The minimum Gasteiger partial charge on any atom is -0.466 e. The zero-order valence-electron chi connectivity index (χ0n) is 14.4. The van der Waals surface area contributed by atoms with Crippen LogP contribution < -0.4 is 0 Å². The molecule has 126 valence electrons. The maximum atomic E-state index is 12.0. The second kappa shape index (κ2) is 6.84. The lowest BCUT2D eigenvalue weighted by Crippen LogP contribution is -2.41. The monoisotopic (exact) mass is 338 g/mol. The van der Waals surface area contributed by atoms with E-state index in [1.54, 1.807) is 19.1 Å². The van der Waals surface area contributed by atoms with Crippen LogP contribution in [-0.4, -0.2) is 30.9 Å². The van der Waals surface area contributed by atoms with Crippen molar-refractivity contribution in [3.63, 3.8) is 0 Å². The second-order valence-electron chi connectivity index (χ2n) is 6.79. The summed E-state index contributed by atoms with van der Waals surface area (Å²) in [6.45, 7) is 10.1. The van der Waals surface area contributed by atoms with Crippen LogP contribution in [0.4, 0.5) is 0 Å². The molecular formula is C17H24BClO4. The van der Waals surface area contributed by atoms with Gasteiger partial charge < -0.3 is 14.0 Å². The van der Waals surface area contributed by atoms with Gasteiger partial charge in [0.25, 0.3) is 0 Å². The van der Waals surface area contributed by atoms with Crippen LogP contribution >= 0.6 is 11.6 Å². The fraction of sp³-hybridized carbons (Fsp3) is 0.588. The van der Waals surface area contributed by atoms with Gasteiger partial charge in [0.05, 0.1) is 24.2 Å². The Hall–Kier alpha value is -1.04. The average molecular weight is 339 g/mol. The van der Waals surface area contributed by atoms with E-state index in [0.717, 1.165) is 5.56 Å². The summed E-state index contributed by atoms with van der Waals surface area (Å²) >= 11 is 5.97. The van der Waals surface area contributed by atoms with Gasteiger partial charge in [-0.2, -0.15) is 0 Å². The molecule has 1 aliphatic rings. The van der Waals surface area contributed by atoms with E-state index in [0.29, 0.717) is 11.6 Å². The first-order chi connectivity index (χ1) is 10.7. The zero-order valence-corrected chi connectivity index (χ0v) is 15.1. The number of halogens is 1. The number of rotatable bonds is 5. The molecule has 1 heterocycles. The van der Waals surface area contributed by atoms with Gasteiger partial charge in [0.15, 0.2) is 0 Å². The minimum absolute atomic E-state index is 0.201. The lowest BCUT2D eigenvalue weighted by Gasteiger charge is -2.32. The third kappa shape index (κ3) is 4.08. The highest BCUT2D eigenvalue weighted by molar-refractivity contribution is 6.48. The molecule has 1 fully saturated rings. The largest absolute Gasteiger partial charge is 0.466 e. The van der Waals surface area contributed by atoms with E-state index >= 15 is 0 Å². The van der Waals surface area contributed by atoms with Gasteiger partial charge in [0, 0.05) is 10.8 Å². The van der Waals surface area contributed by atoms with Gasteiger partial charge in [-0.25, -0.2) is 0 Å². The Kier molecular flexibility index (Phi) is 5.44. The van der Waals surface area contributed by atoms with Crippen LogP contribution in [0.3, 0.4) is 0 Å². The number of esters is 1. The summed E-state index contributed by atoms with van der Waals surface area (Å²) in [4.78, 5) is 12.0. The topological polar surface area (TPSA) is 44.8 Å². The molecule has 0 radical (unpaired) electrons. The van der Waals surface area contributed by atoms with Gasteiger partial charge in [-0.15, -0.1) is 0 Å². The lowest BCUT2D eigenvalue weighted by atomic mass is 9.66. The van der Waals surface area contributed by atoms with Crippen LogP contribution in [0.15, 0.2) is 24.3 Å². The van der Waals surface area contributed by atoms with Gasteiger partial charge in [-0.1, -0.05) is 23.7 Å². The predicted octanol–water partition coefficient (Wildman–Crippen LogP) is 4.01. The molecule has 0 spiro atoms. The van der Waals surface area contributed by atoms with Crippen LogP contribution in [0.25, 0.3) is 0 Å². The van der Waals surface area contributed by atoms with E-state index in [1.165, 1.54) is 0 Å². The Balaban J connectivity index is 2.27. The van der Waals surface area contributed by atoms with E-state index in [-0.39, 0.29) is 18.2 Å². The first kappa shape index (κ1) is 18.3. The normalized spacial score (nSPS) is 20.3. The summed E-state index contributed by atoms with van der Waals surface area (Å²) in [7, 11) is -0.509. The van der Waals surface area contributed by atoms with Crippen molar-refractivity contribution in [2.75, 3.05) is 6.61 Å². The Bertz CT molecular complexity index is 540. The highest BCUT2D eigenvalue weighted by Gasteiger charge is 2.54. The Morgan fingerprint density at radius 1 is 1.17 bits per heavy atom. The van der Waals surface area contributed by atoms with Gasteiger partial charge in [-0.3, -0.25) is 4.79 Å². The van der Waals surface area contributed by atoms with Crippen LogP contribution in [-0.2, 0) is 18.8 Å². The van der Waals surface area contributed by atoms with Crippen LogP contribution in [0.1, 0.15) is 52.4 Å². The fourth-order valence-corrected chi connectivity index (χ4v) is 2.66. The molecule has 1 saturated heterocycles. The number of carbonyl (C=O) groups excluding carboxylic acids is 1. The first-order valence-corrected chi connectivity index (χ1v) is 8.31. The maximum absolute atomic E-state index is 12.0. The molecule has 0 aromatic heterocycles. The van der Waals surface area contributed by atoms with E-state index in [9.17, 15) is 4.79 Å². The predicted molar refractivity (Wildman–Crippen MR) is 91.5 cm³/mol. The van der Waals surface area contributed by atoms with Crippen molar-refractivity contribution < 1.29 is 18.8 Å². The molecule has 1 atom stereocenters. The summed E-state index contributed by atoms with van der Waals surface area (Å²) in [5.41, 5.74) is 0.0505. The molecule has 0 amide bonds. The first-order valence-electron chi connectivity index (χ1n) is 7.93. The third-order valence-electron chi connectivity index (χ3n) is 4.59. The molecule has 23 heavy (non-hydrogen) atoms. The quantitative estimate of drug-likeness (QED) is 0.601. The Morgan fingerprint density at radius 3 is 2.17 bits per heavy atom. The van der Waals surface area contributed by atoms with Crippen LogP contribution in [0.2, 0.25) is 5.02 Å². The molecule has 0 N–H and O–H groups in total. The van der Waals surface area contributed by atoms with Crippen molar-refractivity contribution in [3.05, 3.63) is 34.9 Å². The van der Waals surface area contributed by atoms with Gasteiger partial charge >= 0.3 is 13.1 Å². The van der Waals surface area contributed by atoms with Crippen molar-refractivity contribution in [2.45, 2.75) is 58.1 Å². The van der Waals surface area contributed by atoms with Crippen molar-refractivity contribution in [1.29, 1.82) is 0 Å². The fourth-order valence-electron chi connectivity index (χ4n) is 2.53. The maximum Gasteiger partial charge on any atom is 0.466 e. The molecule has 1 aromatic rings. The Labute approximate surface area is 143 Å². The number of hydrogen-bond acceptors (Lipinski definition) is 4. The summed E-state index contributed by atoms with van der Waals surface area (Å²) in [5, 5.41) is 0.651. The Morgan fingerprint density at radius 2 is 1.70 bits per heavy atom. The van der Waals surface area contributed by atoms with Crippen LogP contribution in [0.5, 0.6) is 0 Å².